The number of hydrogen-bond donors (Lipinski definition) is 1. The van der Waals surface area contributed by atoms with Crippen LogP contribution in [0.4, 0.5) is 0 Å². The molecule has 0 heterocycles. The topological polar surface area (TPSA) is 107 Å². The number of esters is 2. The molecule has 0 radical (unpaired) electrons. The van der Waals surface area contributed by atoms with Crippen LogP contribution in [0.5, 0.6) is 0 Å². The standard InChI is InChI=1S/C13H22O7S.Ca.2H/c1-3-5-7-11(10-20-12(14)6-4-2)13(15)19-8-9-21(16,17)18;;;/h4,6,11H,3,5,7-10H2,1-2H3,(H,16,17,18);;;. The van der Waals surface area contributed by atoms with E-state index in [0.717, 1.165) is 12.8 Å². The Balaban J connectivity index is 0. The molecular weight excluding hydrogens is 340 g/mol. The van der Waals surface area contributed by atoms with E-state index in [1.54, 1.807) is 6.92 Å². The zero-order valence-corrected chi connectivity index (χ0v) is 13.1. The number of carbonyl (C=O) groups excluding carboxylic acids is 2. The van der Waals surface area contributed by atoms with Crippen molar-refractivity contribution in [1.29, 1.82) is 0 Å². The molecule has 0 spiro atoms. The van der Waals surface area contributed by atoms with Gasteiger partial charge in [-0.2, -0.15) is 8.42 Å². The number of allylic oxidation sites excluding steroid dienone is 1. The first-order valence-electron chi connectivity index (χ1n) is 6.71. The van der Waals surface area contributed by atoms with Crippen molar-refractivity contribution < 1.29 is 32.0 Å². The quantitative estimate of drug-likeness (QED) is 0.259. The molecule has 7 nitrogen and oxygen atoms in total. The molecule has 0 saturated carbocycles. The van der Waals surface area contributed by atoms with Gasteiger partial charge in [0.1, 0.15) is 19.0 Å². The fraction of sp³-hybridized carbons (Fsp3) is 0.692. The van der Waals surface area contributed by atoms with Gasteiger partial charge in [0.15, 0.2) is 0 Å². The third-order valence-electron chi connectivity index (χ3n) is 2.55. The molecule has 1 unspecified atom stereocenters. The van der Waals surface area contributed by atoms with Gasteiger partial charge >= 0.3 is 49.7 Å². The van der Waals surface area contributed by atoms with Gasteiger partial charge in [0.25, 0.3) is 10.1 Å². The Labute approximate surface area is 161 Å². The predicted octanol–water partition coefficient (Wildman–Crippen LogP) is 0.427. The molecule has 0 saturated heterocycles. The van der Waals surface area contributed by atoms with E-state index in [1.807, 2.05) is 6.92 Å². The summed E-state index contributed by atoms with van der Waals surface area (Å²) in [6.45, 7) is 3.07. The number of unbranched alkanes of at least 4 members (excludes halogenated alkanes) is 1. The second-order valence-electron chi connectivity index (χ2n) is 4.42. The summed E-state index contributed by atoms with van der Waals surface area (Å²) in [6.07, 6.45) is 4.84. The summed E-state index contributed by atoms with van der Waals surface area (Å²) in [5.41, 5.74) is 0. The van der Waals surface area contributed by atoms with Crippen LogP contribution in [0.3, 0.4) is 0 Å². The first kappa shape index (κ1) is 24.1. The first-order chi connectivity index (χ1) is 9.80. The van der Waals surface area contributed by atoms with Crippen molar-refractivity contribution in [3.8, 4) is 0 Å². The molecule has 1 N–H and O–H groups in total. The Morgan fingerprint density at radius 2 is 1.91 bits per heavy atom. The van der Waals surface area contributed by atoms with Crippen molar-refractivity contribution in [2.75, 3.05) is 19.0 Å². The van der Waals surface area contributed by atoms with Crippen molar-refractivity contribution in [2.24, 2.45) is 5.92 Å². The SMILES string of the molecule is CC=CC(=O)OCC(CCCC)C(=O)OCCS(=O)(=O)O.[CaH2]. The first-order valence-corrected chi connectivity index (χ1v) is 8.32. The molecule has 126 valence electrons. The van der Waals surface area contributed by atoms with Crippen LogP contribution in [0.15, 0.2) is 12.2 Å². The van der Waals surface area contributed by atoms with Crippen LogP contribution in [0.1, 0.15) is 33.1 Å². The maximum absolute atomic E-state index is 11.8. The summed E-state index contributed by atoms with van der Waals surface area (Å²) < 4.78 is 39.3. The Hall–Kier alpha value is -0.150. The second-order valence-corrected chi connectivity index (χ2v) is 5.99. The van der Waals surface area contributed by atoms with E-state index >= 15 is 0 Å². The van der Waals surface area contributed by atoms with Crippen LogP contribution in [-0.2, 0) is 29.2 Å². The van der Waals surface area contributed by atoms with Crippen molar-refractivity contribution >= 4 is 59.8 Å². The molecule has 0 aromatic rings. The van der Waals surface area contributed by atoms with Gasteiger partial charge in [0.2, 0.25) is 0 Å². The fourth-order valence-electron chi connectivity index (χ4n) is 1.45. The van der Waals surface area contributed by atoms with Gasteiger partial charge in [0.05, 0.1) is 5.92 Å². The summed E-state index contributed by atoms with van der Waals surface area (Å²) in [7, 11) is -4.17. The summed E-state index contributed by atoms with van der Waals surface area (Å²) in [6, 6.07) is 0. The molecule has 0 aliphatic rings. The molecule has 9 heteroatoms. The molecule has 0 aliphatic heterocycles. The molecular formula is C13H24CaO7S. The van der Waals surface area contributed by atoms with Gasteiger partial charge in [-0.25, -0.2) is 4.79 Å². The fourth-order valence-corrected chi connectivity index (χ4v) is 1.75. The zero-order chi connectivity index (χ0) is 16.3. The molecule has 0 aromatic carbocycles. The molecule has 0 fully saturated rings. The third kappa shape index (κ3) is 13.5. The summed E-state index contributed by atoms with van der Waals surface area (Å²) >= 11 is 0. The van der Waals surface area contributed by atoms with Crippen molar-refractivity contribution in [1.82, 2.24) is 0 Å². The minimum atomic E-state index is -4.17. The van der Waals surface area contributed by atoms with Crippen molar-refractivity contribution in [3.05, 3.63) is 12.2 Å². The van der Waals surface area contributed by atoms with Gasteiger partial charge in [-0.15, -0.1) is 0 Å². The van der Waals surface area contributed by atoms with Gasteiger partial charge in [-0.3, -0.25) is 9.35 Å². The van der Waals surface area contributed by atoms with Crippen LogP contribution < -0.4 is 0 Å². The average molecular weight is 364 g/mol. The Kier molecular flexibility index (Phi) is 14.6. The third-order valence-corrected chi connectivity index (χ3v) is 3.24. The van der Waals surface area contributed by atoms with Crippen molar-refractivity contribution in [2.45, 2.75) is 33.1 Å². The minimum absolute atomic E-state index is 0. The van der Waals surface area contributed by atoms with E-state index in [4.69, 9.17) is 14.0 Å². The van der Waals surface area contributed by atoms with Crippen molar-refractivity contribution in [3.63, 3.8) is 0 Å². The van der Waals surface area contributed by atoms with E-state index in [0.29, 0.717) is 6.42 Å². The Morgan fingerprint density at radius 1 is 1.27 bits per heavy atom. The van der Waals surface area contributed by atoms with Gasteiger partial charge in [-0.05, 0) is 13.3 Å². The molecule has 0 amide bonds. The molecule has 0 aliphatic carbocycles. The van der Waals surface area contributed by atoms with Gasteiger partial charge in [-0.1, -0.05) is 25.8 Å². The molecule has 0 bridgehead atoms. The van der Waals surface area contributed by atoms with E-state index in [9.17, 15) is 18.0 Å². The molecule has 0 aromatic heterocycles. The van der Waals surface area contributed by atoms with E-state index in [2.05, 4.69) is 0 Å². The van der Waals surface area contributed by atoms with Crippen LogP contribution >= 0.6 is 0 Å². The number of carbonyl (C=O) groups is 2. The monoisotopic (exact) mass is 364 g/mol. The number of rotatable bonds is 10. The van der Waals surface area contributed by atoms with Crippen LogP contribution in [0.2, 0.25) is 0 Å². The predicted molar refractivity (Wildman–Crippen MR) is 84.7 cm³/mol. The van der Waals surface area contributed by atoms with Crippen LogP contribution in [0, 0.1) is 5.92 Å². The van der Waals surface area contributed by atoms with Gasteiger partial charge < -0.3 is 9.47 Å². The number of ether oxygens (including phenoxy) is 2. The second kappa shape index (κ2) is 13.3. The van der Waals surface area contributed by atoms with E-state index in [-0.39, 0.29) is 44.3 Å². The van der Waals surface area contributed by atoms with E-state index < -0.39 is 40.3 Å². The molecule has 1 atom stereocenters. The summed E-state index contributed by atoms with van der Waals surface area (Å²) in [4.78, 5) is 23.0. The maximum atomic E-state index is 11.8. The molecule has 22 heavy (non-hydrogen) atoms. The Bertz CT molecular complexity index is 459. The summed E-state index contributed by atoms with van der Waals surface area (Å²) in [5.74, 6) is -2.48. The van der Waals surface area contributed by atoms with Crippen LogP contribution in [0.25, 0.3) is 0 Å². The van der Waals surface area contributed by atoms with E-state index in [1.165, 1.54) is 12.2 Å². The zero-order valence-electron chi connectivity index (χ0n) is 12.3. The number of hydrogen-bond acceptors (Lipinski definition) is 6. The van der Waals surface area contributed by atoms with Gasteiger partial charge in [0, 0.05) is 6.08 Å². The van der Waals surface area contributed by atoms with Crippen LogP contribution in [-0.4, -0.2) is 81.6 Å². The molecule has 0 rings (SSSR count). The normalized spacial score (nSPS) is 12.5. The average Bonchev–Trinajstić information content (AvgIpc) is 2.37. The summed E-state index contributed by atoms with van der Waals surface area (Å²) in [5, 5.41) is 0. The Morgan fingerprint density at radius 3 is 2.41 bits per heavy atom.